The Labute approximate surface area is 165 Å². The molecular weight excluding hydrogens is 376 g/mol. The third-order valence-electron chi connectivity index (χ3n) is 4.47. The number of halogens is 2. The number of fused-ring (bicyclic) bond motifs is 1. The molecule has 0 bridgehead atoms. The Hall–Kier alpha value is -3.81. The Morgan fingerprint density at radius 3 is 2.52 bits per heavy atom. The largest absolute Gasteiger partial charge is 0.361 e. The van der Waals surface area contributed by atoms with Crippen molar-refractivity contribution in [3.63, 3.8) is 0 Å². The Morgan fingerprint density at radius 2 is 1.76 bits per heavy atom. The van der Waals surface area contributed by atoms with Gasteiger partial charge in [-0.05, 0) is 42.3 Å². The molecule has 0 aliphatic carbocycles. The highest BCUT2D eigenvalue weighted by molar-refractivity contribution is 5.92. The van der Waals surface area contributed by atoms with Crippen molar-refractivity contribution in [2.75, 3.05) is 11.9 Å². The van der Waals surface area contributed by atoms with Gasteiger partial charge in [-0.1, -0.05) is 24.3 Å². The van der Waals surface area contributed by atoms with Crippen LogP contribution in [0.25, 0.3) is 10.9 Å². The predicted molar refractivity (Wildman–Crippen MR) is 106 cm³/mol. The van der Waals surface area contributed by atoms with Crippen LogP contribution >= 0.6 is 0 Å². The molecule has 4 aromatic rings. The van der Waals surface area contributed by atoms with E-state index in [1.54, 1.807) is 0 Å². The minimum absolute atomic E-state index is 0.114. The fraction of sp³-hybridized carbons (Fsp3) is 0.0952. The molecule has 0 saturated carbocycles. The number of aromatic amines is 1. The van der Waals surface area contributed by atoms with E-state index >= 15 is 0 Å². The average Bonchev–Trinajstić information content (AvgIpc) is 3.14. The van der Waals surface area contributed by atoms with E-state index in [4.69, 9.17) is 0 Å². The van der Waals surface area contributed by atoms with Gasteiger partial charge in [0.15, 0.2) is 11.5 Å². The van der Waals surface area contributed by atoms with Crippen molar-refractivity contribution in [3.8, 4) is 0 Å². The number of nitrogens with one attached hydrogen (secondary N) is 3. The maximum Gasteiger partial charge on any atom is 0.271 e. The lowest BCUT2D eigenvalue weighted by molar-refractivity contribution is 0.0948. The molecule has 0 aliphatic heterocycles. The molecule has 8 heteroatoms. The van der Waals surface area contributed by atoms with E-state index in [0.29, 0.717) is 13.0 Å². The van der Waals surface area contributed by atoms with Crippen LogP contribution in [-0.2, 0) is 6.42 Å². The number of anilines is 2. The fourth-order valence-corrected chi connectivity index (χ4v) is 3.01. The molecule has 0 spiro atoms. The Balaban J connectivity index is 1.35. The molecule has 0 fully saturated rings. The maximum absolute atomic E-state index is 13.7. The molecule has 29 heavy (non-hydrogen) atoms. The zero-order valence-corrected chi connectivity index (χ0v) is 15.2. The summed E-state index contributed by atoms with van der Waals surface area (Å²) in [6, 6.07) is 14.4. The number of nitrogens with zero attached hydrogens (tertiary/aromatic N) is 2. The van der Waals surface area contributed by atoms with Crippen LogP contribution in [0.3, 0.4) is 0 Å². The number of para-hydroxylation sites is 2. The lowest BCUT2D eigenvalue weighted by Crippen LogP contribution is -2.26. The van der Waals surface area contributed by atoms with E-state index in [2.05, 4.69) is 25.8 Å². The molecule has 0 unspecified atom stereocenters. The van der Waals surface area contributed by atoms with Crippen molar-refractivity contribution >= 4 is 28.3 Å². The molecular formula is C21H17F2N5O. The first kappa shape index (κ1) is 18.5. The minimum Gasteiger partial charge on any atom is -0.361 e. The zero-order valence-electron chi connectivity index (χ0n) is 15.2. The number of hydrogen-bond donors (Lipinski definition) is 3. The second kappa shape index (κ2) is 8.05. The van der Waals surface area contributed by atoms with Crippen molar-refractivity contribution in [1.29, 1.82) is 0 Å². The van der Waals surface area contributed by atoms with Gasteiger partial charge in [0.1, 0.15) is 17.3 Å². The summed E-state index contributed by atoms with van der Waals surface area (Å²) in [6.07, 6.45) is 2.59. The molecule has 6 nitrogen and oxygen atoms in total. The number of amides is 1. The van der Waals surface area contributed by atoms with Gasteiger partial charge in [0.05, 0.1) is 0 Å². The van der Waals surface area contributed by atoms with Gasteiger partial charge in [-0.25, -0.2) is 8.78 Å². The first-order valence-electron chi connectivity index (χ1n) is 9.00. The standard InChI is InChI=1S/C21H17F2N5O/c22-15-5-3-6-16(23)20(15)26-19-9-8-18(27-28-19)21(29)24-11-10-13-12-25-17-7-2-1-4-14(13)17/h1-9,12,25H,10-11H2,(H,24,29)(H,26,28). The van der Waals surface area contributed by atoms with Crippen LogP contribution in [0.15, 0.2) is 60.8 Å². The minimum atomic E-state index is -0.745. The second-order valence-corrected chi connectivity index (χ2v) is 6.39. The third kappa shape index (κ3) is 4.06. The summed E-state index contributed by atoms with van der Waals surface area (Å²) in [6.45, 7) is 0.433. The van der Waals surface area contributed by atoms with Crippen molar-refractivity contribution < 1.29 is 13.6 Å². The zero-order chi connectivity index (χ0) is 20.2. The van der Waals surface area contributed by atoms with Crippen LogP contribution in [-0.4, -0.2) is 27.6 Å². The molecule has 4 rings (SSSR count). The van der Waals surface area contributed by atoms with Gasteiger partial charge in [-0.3, -0.25) is 4.79 Å². The summed E-state index contributed by atoms with van der Waals surface area (Å²) in [5, 5.41) is 14.1. The molecule has 0 radical (unpaired) electrons. The average molecular weight is 393 g/mol. The van der Waals surface area contributed by atoms with Gasteiger partial charge >= 0.3 is 0 Å². The Kier molecular flexibility index (Phi) is 5.15. The molecule has 0 aliphatic rings. The van der Waals surface area contributed by atoms with Crippen LogP contribution in [0, 0.1) is 11.6 Å². The molecule has 2 aromatic heterocycles. The molecule has 1 amide bonds. The van der Waals surface area contributed by atoms with Crippen LogP contribution in [0.4, 0.5) is 20.3 Å². The summed E-state index contributed by atoms with van der Waals surface area (Å²) in [5.74, 6) is -1.73. The lowest BCUT2D eigenvalue weighted by Gasteiger charge is -2.08. The number of carbonyl (C=O) groups excluding carboxylic acids is 1. The summed E-state index contributed by atoms with van der Waals surface area (Å²) < 4.78 is 27.4. The van der Waals surface area contributed by atoms with Crippen LogP contribution in [0.2, 0.25) is 0 Å². The molecule has 0 saturated heterocycles. The highest BCUT2D eigenvalue weighted by atomic mass is 19.1. The van der Waals surface area contributed by atoms with Crippen molar-refractivity contribution in [2.24, 2.45) is 0 Å². The van der Waals surface area contributed by atoms with Gasteiger partial charge in [0.2, 0.25) is 0 Å². The van der Waals surface area contributed by atoms with E-state index in [9.17, 15) is 13.6 Å². The van der Waals surface area contributed by atoms with E-state index in [0.717, 1.165) is 28.6 Å². The van der Waals surface area contributed by atoms with E-state index < -0.39 is 11.6 Å². The van der Waals surface area contributed by atoms with Crippen LogP contribution in [0.1, 0.15) is 16.1 Å². The monoisotopic (exact) mass is 393 g/mol. The highest BCUT2D eigenvalue weighted by Crippen LogP contribution is 2.21. The van der Waals surface area contributed by atoms with Gasteiger partial charge in [-0.2, -0.15) is 0 Å². The summed E-state index contributed by atoms with van der Waals surface area (Å²) in [7, 11) is 0. The van der Waals surface area contributed by atoms with Crippen LogP contribution < -0.4 is 10.6 Å². The maximum atomic E-state index is 13.7. The summed E-state index contributed by atoms with van der Waals surface area (Å²) in [4.78, 5) is 15.4. The first-order valence-corrected chi connectivity index (χ1v) is 9.00. The normalized spacial score (nSPS) is 10.8. The predicted octanol–water partition coefficient (Wildman–Crippen LogP) is 3.95. The van der Waals surface area contributed by atoms with E-state index in [1.165, 1.54) is 18.2 Å². The van der Waals surface area contributed by atoms with Crippen molar-refractivity contribution in [2.45, 2.75) is 6.42 Å². The number of carbonyl (C=O) groups is 1. The van der Waals surface area contributed by atoms with Gasteiger partial charge in [-0.15, -0.1) is 10.2 Å². The third-order valence-corrected chi connectivity index (χ3v) is 4.47. The van der Waals surface area contributed by atoms with E-state index in [1.807, 2.05) is 30.5 Å². The molecule has 2 heterocycles. The first-order chi connectivity index (χ1) is 14.1. The molecule has 0 atom stereocenters. The molecule has 3 N–H and O–H groups in total. The number of rotatable bonds is 6. The highest BCUT2D eigenvalue weighted by Gasteiger charge is 2.12. The number of aromatic nitrogens is 3. The van der Waals surface area contributed by atoms with E-state index in [-0.39, 0.29) is 23.1 Å². The molecule has 2 aromatic carbocycles. The van der Waals surface area contributed by atoms with Crippen molar-refractivity contribution in [3.05, 3.63) is 83.7 Å². The van der Waals surface area contributed by atoms with Crippen molar-refractivity contribution in [1.82, 2.24) is 20.5 Å². The lowest BCUT2D eigenvalue weighted by atomic mass is 10.1. The SMILES string of the molecule is O=C(NCCc1c[nH]c2ccccc12)c1ccc(Nc2c(F)cccc2F)nn1. The Morgan fingerprint density at radius 1 is 0.966 bits per heavy atom. The smallest absolute Gasteiger partial charge is 0.271 e. The Bertz CT molecular complexity index is 1140. The topological polar surface area (TPSA) is 82.7 Å². The number of hydrogen-bond acceptors (Lipinski definition) is 4. The quantitative estimate of drug-likeness (QED) is 0.463. The van der Waals surface area contributed by atoms with Gasteiger partial charge < -0.3 is 15.6 Å². The summed E-state index contributed by atoms with van der Waals surface area (Å²) in [5.41, 5.74) is 1.95. The second-order valence-electron chi connectivity index (χ2n) is 6.39. The molecule has 146 valence electrons. The van der Waals surface area contributed by atoms with Gasteiger partial charge in [0.25, 0.3) is 5.91 Å². The van der Waals surface area contributed by atoms with Gasteiger partial charge in [0, 0.05) is 23.6 Å². The van der Waals surface area contributed by atoms with Crippen LogP contribution in [0.5, 0.6) is 0 Å². The fourth-order valence-electron chi connectivity index (χ4n) is 3.01. The summed E-state index contributed by atoms with van der Waals surface area (Å²) >= 11 is 0. The number of H-pyrrole nitrogens is 1. The number of benzene rings is 2.